The minimum Gasteiger partial charge on any atom is -0.339 e. The number of nitrogens with two attached hydrogens (primary N) is 1. The summed E-state index contributed by atoms with van der Waals surface area (Å²) in [6.45, 7) is 6.66. The molecule has 96 valence electrons. The number of hydrogen-bond acceptors (Lipinski definition) is 4. The largest absolute Gasteiger partial charge is 0.339 e. The number of aryl methyl sites for hydroxylation is 1. The molecule has 17 heavy (non-hydrogen) atoms. The summed E-state index contributed by atoms with van der Waals surface area (Å²) in [6, 6.07) is 0. The highest BCUT2D eigenvalue weighted by Crippen LogP contribution is 2.39. The SMILES string of the molecule is CCCc1nc(C2(N)CCC(C)C(C)C2)no1. The fourth-order valence-electron chi connectivity index (χ4n) is 2.62. The van der Waals surface area contributed by atoms with E-state index < -0.39 is 0 Å². The van der Waals surface area contributed by atoms with Crippen LogP contribution in [0.2, 0.25) is 0 Å². The van der Waals surface area contributed by atoms with Crippen molar-refractivity contribution in [2.45, 2.75) is 58.4 Å². The van der Waals surface area contributed by atoms with Crippen molar-refractivity contribution in [1.82, 2.24) is 10.1 Å². The molecule has 0 amide bonds. The molecule has 1 fully saturated rings. The third kappa shape index (κ3) is 2.51. The Hall–Kier alpha value is -0.900. The van der Waals surface area contributed by atoms with Gasteiger partial charge >= 0.3 is 0 Å². The monoisotopic (exact) mass is 237 g/mol. The number of hydrogen-bond donors (Lipinski definition) is 1. The third-order valence-electron chi connectivity index (χ3n) is 4.08. The lowest BCUT2D eigenvalue weighted by atomic mass is 9.71. The van der Waals surface area contributed by atoms with Gasteiger partial charge in [0.1, 0.15) is 0 Å². The highest BCUT2D eigenvalue weighted by atomic mass is 16.5. The predicted octanol–water partition coefficient (Wildman–Crippen LogP) is 2.63. The van der Waals surface area contributed by atoms with Gasteiger partial charge in [-0.25, -0.2) is 0 Å². The van der Waals surface area contributed by atoms with Crippen LogP contribution in [0.15, 0.2) is 4.52 Å². The van der Waals surface area contributed by atoms with Crippen LogP contribution in [0, 0.1) is 11.8 Å². The molecule has 0 saturated heterocycles. The number of nitrogens with zero attached hydrogens (tertiary/aromatic N) is 2. The molecule has 1 aromatic rings. The average Bonchev–Trinajstić information content (AvgIpc) is 2.74. The zero-order valence-corrected chi connectivity index (χ0v) is 11.1. The maximum Gasteiger partial charge on any atom is 0.226 e. The fourth-order valence-corrected chi connectivity index (χ4v) is 2.62. The molecule has 0 aliphatic heterocycles. The first-order chi connectivity index (χ1) is 8.05. The third-order valence-corrected chi connectivity index (χ3v) is 4.08. The summed E-state index contributed by atoms with van der Waals surface area (Å²) in [4.78, 5) is 4.45. The summed E-state index contributed by atoms with van der Waals surface area (Å²) < 4.78 is 5.24. The van der Waals surface area contributed by atoms with Crippen LogP contribution in [-0.2, 0) is 12.0 Å². The highest BCUT2D eigenvalue weighted by Gasteiger charge is 2.39. The van der Waals surface area contributed by atoms with Gasteiger partial charge in [0.2, 0.25) is 5.89 Å². The van der Waals surface area contributed by atoms with Gasteiger partial charge in [-0.3, -0.25) is 0 Å². The molecule has 3 unspecified atom stereocenters. The maximum atomic E-state index is 6.46. The van der Waals surface area contributed by atoms with Gasteiger partial charge in [0.05, 0.1) is 5.54 Å². The van der Waals surface area contributed by atoms with Crippen molar-refractivity contribution in [3.8, 4) is 0 Å². The van der Waals surface area contributed by atoms with Gasteiger partial charge in [-0.05, 0) is 37.5 Å². The molecule has 0 bridgehead atoms. The Bertz CT molecular complexity index is 376. The molecular formula is C13H23N3O. The summed E-state index contributed by atoms with van der Waals surface area (Å²) in [5.74, 6) is 2.80. The van der Waals surface area contributed by atoms with Crippen LogP contribution in [-0.4, -0.2) is 10.1 Å². The van der Waals surface area contributed by atoms with Gasteiger partial charge in [-0.2, -0.15) is 4.98 Å². The van der Waals surface area contributed by atoms with Gasteiger partial charge in [-0.1, -0.05) is 25.9 Å². The van der Waals surface area contributed by atoms with Crippen molar-refractivity contribution in [2.75, 3.05) is 0 Å². The lowest BCUT2D eigenvalue weighted by Gasteiger charge is -2.37. The lowest BCUT2D eigenvalue weighted by molar-refractivity contribution is 0.166. The Balaban J connectivity index is 2.14. The van der Waals surface area contributed by atoms with Crippen molar-refractivity contribution < 1.29 is 4.52 Å². The van der Waals surface area contributed by atoms with Gasteiger partial charge in [-0.15, -0.1) is 0 Å². The normalized spacial score (nSPS) is 33.9. The van der Waals surface area contributed by atoms with Crippen molar-refractivity contribution >= 4 is 0 Å². The fraction of sp³-hybridized carbons (Fsp3) is 0.846. The first-order valence-corrected chi connectivity index (χ1v) is 6.67. The van der Waals surface area contributed by atoms with Crippen LogP contribution in [0.3, 0.4) is 0 Å². The molecule has 4 nitrogen and oxygen atoms in total. The van der Waals surface area contributed by atoms with Gasteiger partial charge < -0.3 is 10.3 Å². The number of aromatic nitrogens is 2. The first kappa shape index (κ1) is 12.6. The van der Waals surface area contributed by atoms with E-state index in [2.05, 4.69) is 30.9 Å². The van der Waals surface area contributed by atoms with E-state index in [1.165, 1.54) is 0 Å². The zero-order valence-electron chi connectivity index (χ0n) is 11.1. The smallest absolute Gasteiger partial charge is 0.226 e. The van der Waals surface area contributed by atoms with Gasteiger partial charge in [0.15, 0.2) is 5.82 Å². The van der Waals surface area contributed by atoms with E-state index in [-0.39, 0.29) is 5.54 Å². The maximum absolute atomic E-state index is 6.46. The minimum absolute atomic E-state index is 0.374. The lowest BCUT2D eigenvalue weighted by Crippen LogP contribution is -2.44. The molecule has 1 aliphatic carbocycles. The Kier molecular flexibility index (Phi) is 3.52. The van der Waals surface area contributed by atoms with E-state index in [1.54, 1.807) is 0 Å². The Morgan fingerprint density at radius 2 is 2.18 bits per heavy atom. The minimum atomic E-state index is -0.374. The summed E-state index contributed by atoms with van der Waals surface area (Å²) in [5, 5.41) is 4.08. The van der Waals surface area contributed by atoms with Crippen molar-refractivity contribution in [3.63, 3.8) is 0 Å². The van der Waals surface area contributed by atoms with Crippen LogP contribution < -0.4 is 5.73 Å². The topological polar surface area (TPSA) is 64.9 Å². The highest BCUT2D eigenvalue weighted by molar-refractivity contribution is 5.06. The van der Waals surface area contributed by atoms with E-state index in [0.717, 1.165) is 43.9 Å². The van der Waals surface area contributed by atoms with Crippen molar-refractivity contribution in [3.05, 3.63) is 11.7 Å². The second-order valence-corrected chi connectivity index (χ2v) is 5.62. The summed E-state index contributed by atoms with van der Waals surface area (Å²) in [5.41, 5.74) is 6.08. The zero-order chi connectivity index (χ0) is 12.5. The van der Waals surface area contributed by atoms with Crippen LogP contribution in [0.25, 0.3) is 0 Å². The second kappa shape index (κ2) is 4.77. The molecule has 1 aliphatic rings. The van der Waals surface area contributed by atoms with E-state index >= 15 is 0 Å². The quantitative estimate of drug-likeness (QED) is 0.877. The molecule has 2 N–H and O–H groups in total. The Morgan fingerprint density at radius 3 is 2.82 bits per heavy atom. The van der Waals surface area contributed by atoms with E-state index in [1.807, 2.05) is 0 Å². The van der Waals surface area contributed by atoms with Crippen LogP contribution >= 0.6 is 0 Å². The molecular weight excluding hydrogens is 214 g/mol. The molecule has 1 saturated carbocycles. The van der Waals surface area contributed by atoms with Gasteiger partial charge in [0.25, 0.3) is 0 Å². The molecule has 2 rings (SSSR count). The molecule has 0 spiro atoms. The van der Waals surface area contributed by atoms with E-state index in [4.69, 9.17) is 10.3 Å². The van der Waals surface area contributed by atoms with E-state index in [0.29, 0.717) is 11.7 Å². The molecule has 0 aromatic carbocycles. The standard InChI is InChI=1S/C13H23N3O/c1-4-5-11-15-12(16-17-11)13(14)7-6-9(2)10(3)8-13/h9-10H,4-8,14H2,1-3H3. The van der Waals surface area contributed by atoms with Crippen molar-refractivity contribution in [1.29, 1.82) is 0 Å². The van der Waals surface area contributed by atoms with Crippen molar-refractivity contribution in [2.24, 2.45) is 17.6 Å². The summed E-state index contributed by atoms with van der Waals surface area (Å²) in [6.07, 6.45) is 4.93. The van der Waals surface area contributed by atoms with Crippen LogP contribution in [0.5, 0.6) is 0 Å². The molecule has 1 heterocycles. The molecule has 4 heteroatoms. The van der Waals surface area contributed by atoms with Crippen LogP contribution in [0.4, 0.5) is 0 Å². The van der Waals surface area contributed by atoms with Gasteiger partial charge in [0, 0.05) is 6.42 Å². The Morgan fingerprint density at radius 1 is 1.41 bits per heavy atom. The molecule has 0 radical (unpaired) electrons. The Labute approximate surface area is 103 Å². The summed E-state index contributed by atoms with van der Waals surface area (Å²) >= 11 is 0. The number of rotatable bonds is 3. The molecule has 3 atom stereocenters. The summed E-state index contributed by atoms with van der Waals surface area (Å²) in [7, 11) is 0. The second-order valence-electron chi connectivity index (χ2n) is 5.62. The van der Waals surface area contributed by atoms with E-state index in [9.17, 15) is 0 Å². The average molecular weight is 237 g/mol. The predicted molar refractivity (Wildman–Crippen MR) is 66.3 cm³/mol. The van der Waals surface area contributed by atoms with Crippen LogP contribution in [0.1, 0.15) is 58.2 Å². The molecule has 1 aromatic heterocycles. The first-order valence-electron chi connectivity index (χ1n) is 6.67.